The Labute approximate surface area is 141 Å². The lowest BCUT2D eigenvalue weighted by Gasteiger charge is -2.31. The molecule has 2 aromatic heterocycles. The van der Waals surface area contributed by atoms with Crippen LogP contribution in [0.25, 0.3) is 0 Å². The molecule has 0 unspecified atom stereocenters. The number of amides is 1. The average Bonchev–Trinajstić information content (AvgIpc) is 3.09. The highest BCUT2D eigenvalue weighted by Gasteiger charge is 2.26. The first-order valence-electron chi connectivity index (χ1n) is 8.51. The van der Waals surface area contributed by atoms with E-state index in [4.69, 9.17) is 9.26 Å². The third kappa shape index (κ3) is 4.00. The van der Waals surface area contributed by atoms with Crippen LogP contribution in [-0.2, 0) is 17.8 Å². The Kier molecular flexibility index (Phi) is 5.59. The molecule has 0 bridgehead atoms. The van der Waals surface area contributed by atoms with Crippen LogP contribution in [0.1, 0.15) is 47.9 Å². The van der Waals surface area contributed by atoms with Gasteiger partial charge in [-0.1, -0.05) is 18.1 Å². The van der Waals surface area contributed by atoms with Crippen molar-refractivity contribution in [3.8, 4) is 0 Å². The first-order valence-corrected chi connectivity index (χ1v) is 8.51. The minimum atomic E-state index is 0.0189. The van der Waals surface area contributed by atoms with Crippen molar-refractivity contribution in [2.24, 2.45) is 0 Å². The Bertz CT molecular complexity index is 649. The highest BCUT2D eigenvalue weighted by molar-refractivity contribution is 5.94. The van der Waals surface area contributed by atoms with Crippen LogP contribution < -0.4 is 0 Å². The summed E-state index contributed by atoms with van der Waals surface area (Å²) in [4.78, 5) is 18.6. The number of nitrogens with zero attached hydrogens (tertiary/aromatic N) is 3. The Balaban J connectivity index is 1.49. The lowest BCUT2D eigenvalue weighted by Crippen LogP contribution is -2.41. The maximum absolute atomic E-state index is 12.6. The van der Waals surface area contributed by atoms with Crippen molar-refractivity contribution in [1.29, 1.82) is 0 Å². The zero-order valence-corrected chi connectivity index (χ0v) is 14.0. The summed E-state index contributed by atoms with van der Waals surface area (Å²) < 4.78 is 11.1. The molecule has 0 aromatic carbocycles. The minimum absolute atomic E-state index is 0.0189. The van der Waals surface area contributed by atoms with Gasteiger partial charge in [-0.15, -0.1) is 0 Å². The fourth-order valence-corrected chi connectivity index (χ4v) is 2.94. The molecule has 0 aliphatic carbocycles. The maximum atomic E-state index is 12.6. The van der Waals surface area contributed by atoms with Gasteiger partial charge in [0.05, 0.1) is 18.9 Å². The number of aromatic nitrogens is 2. The second kappa shape index (κ2) is 8.06. The Morgan fingerprint density at radius 1 is 1.38 bits per heavy atom. The number of ether oxygens (including phenoxy) is 1. The predicted molar refractivity (Wildman–Crippen MR) is 88.4 cm³/mol. The molecule has 3 rings (SSSR count). The summed E-state index contributed by atoms with van der Waals surface area (Å²) in [5.74, 6) is 0.711. The molecule has 0 spiro atoms. The average molecular weight is 329 g/mol. The Morgan fingerprint density at radius 3 is 2.92 bits per heavy atom. The van der Waals surface area contributed by atoms with Gasteiger partial charge in [0.25, 0.3) is 5.91 Å². The molecule has 6 heteroatoms. The molecule has 3 heterocycles. The van der Waals surface area contributed by atoms with Gasteiger partial charge in [0, 0.05) is 31.9 Å². The third-order valence-corrected chi connectivity index (χ3v) is 4.29. The zero-order chi connectivity index (χ0) is 16.8. The van der Waals surface area contributed by atoms with Crippen LogP contribution in [0, 0.1) is 0 Å². The van der Waals surface area contributed by atoms with Crippen molar-refractivity contribution in [3.63, 3.8) is 0 Å². The number of carbonyl (C=O) groups excluding carboxylic acids is 1. The smallest absolute Gasteiger partial charge is 0.259 e. The van der Waals surface area contributed by atoms with E-state index in [1.165, 1.54) is 6.20 Å². The molecule has 24 heavy (non-hydrogen) atoms. The van der Waals surface area contributed by atoms with Crippen molar-refractivity contribution < 1.29 is 14.1 Å². The van der Waals surface area contributed by atoms with Crippen LogP contribution in [0.2, 0.25) is 0 Å². The van der Waals surface area contributed by atoms with Crippen molar-refractivity contribution in [3.05, 3.63) is 47.6 Å². The second-order valence-electron chi connectivity index (χ2n) is 6.08. The van der Waals surface area contributed by atoms with Crippen LogP contribution >= 0.6 is 0 Å². The molecule has 6 nitrogen and oxygen atoms in total. The molecule has 0 atom stereocenters. The van der Waals surface area contributed by atoms with Gasteiger partial charge in [0.15, 0.2) is 0 Å². The molecule has 0 radical (unpaired) electrons. The number of aryl methyl sites for hydroxylation is 1. The van der Waals surface area contributed by atoms with Gasteiger partial charge in [0.2, 0.25) is 0 Å². The largest absolute Gasteiger partial charge is 0.373 e. The molecule has 1 aliphatic heterocycles. The van der Waals surface area contributed by atoms with Gasteiger partial charge in [-0.3, -0.25) is 9.78 Å². The normalized spacial score (nSPS) is 15.6. The molecule has 128 valence electrons. The highest BCUT2D eigenvalue weighted by Crippen LogP contribution is 2.19. The zero-order valence-electron chi connectivity index (χ0n) is 14.0. The van der Waals surface area contributed by atoms with E-state index >= 15 is 0 Å². The number of piperidine rings is 1. The topological polar surface area (TPSA) is 68.5 Å². The molecule has 1 saturated heterocycles. The molecular formula is C18H23N3O3. The summed E-state index contributed by atoms with van der Waals surface area (Å²) >= 11 is 0. The summed E-state index contributed by atoms with van der Waals surface area (Å²) in [6.07, 6.45) is 8.67. The van der Waals surface area contributed by atoms with Gasteiger partial charge in [-0.2, -0.15) is 0 Å². The fourth-order valence-electron chi connectivity index (χ4n) is 2.94. The molecule has 1 aliphatic rings. The van der Waals surface area contributed by atoms with Gasteiger partial charge >= 0.3 is 0 Å². The lowest BCUT2D eigenvalue weighted by atomic mass is 10.1. The van der Waals surface area contributed by atoms with E-state index in [0.717, 1.165) is 31.2 Å². The summed E-state index contributed by atoms with van der Waals surface area (Å²) in [5.41, 5.74) is 1.68. The number of hydrogen-bond acceptors (Lipinski definition) is 5. The maximum Gasteiger partial charge on any atom is 0.259 e. The monoisotopic (exact) mass is 329 g/mol. The van der Waals surface area contributed by atoms with Crippen LogP contribution in [0.4, 0.5) is 0 Å². The summed E-state index contributed by atoms with van der Waals surface area (Å²) in [6, 6.07) is 3.92. The molecule has 0 saturated carbocycles. The van der Waals surface area contributed by atoms with Crippen LogP contribution in [0.3, 0.4) is 0 Å². The van der Waals surface area contributed by atoms with Crippen molar-refractivity contribution in [2.45, 2.75) is 45.3 Å². The van der Waals surface area contributed by atoms with E-state index in [1.807, 2.05) is 23.2 Å². The standard InChI is InChI=1S/C18H23N3O3/c1-2-4-17-16(12-20-24-17)18(22)21-9-6-15(7-10-21)23-13-14-5-3-8-19-11-14/h3,5,8,11-12,15H,2,4,6-7,9-10,13H2,1H3. The second-order valence-corrected chi connectivity index (χ2v) is 6.08. The fraction of sp³-hybridized carbons (Fsp3) is 0.500. The molecule has 1 fully saturated rings. The van der Waals surface area contributed by atoms with Gasteiger partial charge in [-0.25, -0.2) is 0 Å². The van der Waals surface area contributed by atoms with Gasteiger partial charge in [-0.05, 0) is 30.9 Å². The predicted octanol–water partition coefficient (Wildman–Crippen LogP) is 2.84. The van der Waals surface area contributed by atoms with Gasteiger partial charge < -0.3 is 14.2 Å². The first-order chi connectivity index (χ1) is 11.8. The number of likely N-dealkylation sites (tertiary alicyclic amines) is 1. The summed E-state index contributed by atoms with van der Waals surface area (Å²) in [7, 11) is 0. The number of pyridine rings is 1. The van der Waals surface area contributed by atoms with Crippen LogP contribution in [0.5, 0.6) is 0 Å². The first kappa shape index (κ1) is 16.6. The van der Waals surface area contributed by atoms with E-state index in [-0.39, 0.29) is 12.0 Å². The molecule has 2 aromatic rings. The van der Waals surface area contributed by atoms with Crippen LogP contribution in [0.15, 0.2) is 35.2 Å². The van der Waals surface area contributed by atoms with E-state index < -0.39 is 0 Å². The van der Waals surface area contributed by atoms with E-state index in [1.54, 1.807) is 6.20 Å². The van der Waals surface area contributed by atoms with E-state index in [2.05, 4.69) is 17.1 Å². The Hall–Kier alpha value is -2.21. The molecule has 1 amide bonds. The van der Waals surface area contributed by atoms with Crippen molar-refractivity contribution >= 4 is 5.91 Å². The SMILES string of the molecule is CCCc1oncc1C(=O)N1CCC(OCc2cccnc2)CC1. The number of carbonyl (C=O) groups is 1. The summed E-state index contributed by atoms with van der Waals surface area (Å²) in [6.45, 7) is 4.03. The molecule has 0 N–H and O–H groups in total. The van der Waals surface area contributed by atoms with Crippen molar-refractivity contribution in [1.82, 2.24) is 15.0 Å². The molecular weight excluding hydrogens is 306 g/mol. The van der Waals surface area contributed by atoms with E-state index in [9.17, 15) is 4.79 Å². The van der Waals surface area contributed by atoms with E-state index in [0.29, 0.717) is 31.0 Å². The quantitative estimate of drug-likeness (QED) is 0.815. The lowest BCUT2D eigenvalue weighted by molar-refractivity contribution is -0.000510. The number of rotatable bonds is 6. The highest BCUT2D eigenvalue weighted by atomic mass is 16.5. The summed E-state index contributed by atoms with van der Waals surface area (Å²) in [5, 5.41) is 3.78. The minimum Gasteiger partial charge on any atom is -0.373 e. The van der Waals surface area contributed by atoms with Gasteiger partial charge in [0.1, 0.15) is 11.3 Å². The van der Waals surface area contributed by atoms with Crippen LogP contribution in [-0.4, -0.2) is 40.1 Å². The Morgan fingerprint density at radius 2 is 2.21 bits per heavy atom. The number of hydrogen-bond donors (Lipinski definition) is 0. The van der Waals surface area contributed by atoms with Crippen molar-refractivity contribution in [2.75, 3.05) is 13.1 Å². The third-order valence-electron chi connectivity index (χ3n) is 4.29.